The Morgan fingerprint density at radius 3 is 2.93 bits per heavy atom. The topological polar surface area (TPSA) is 35.2 Å². The minimum atomic E-state index is 0.490. The maximum absolute atomic E-state index is 5.56. The number of halogens is 1. The Kier molecular flexibility index (Phi) is 5.22. The molecule has 0 aliphatic heterocycles. The van der Waals surface area contributed by atoms with Gasteiger partial charge in [0.25, 0.3) is 0 Å². The number of aryl methyl sites for hydroxylation is 1. The van der Waals surface area contributed by atoms with Crippen molar-refractivity contribution < 1.29 is 4.74 Å². The highest BCUT2D eigenvalue weighted by Crippen LogP contribution is 2.20. The van der Waals surface area contributed by atoms with Crippen molar-refractivity contribution in [2.24, 2.45) is 5.73 Å². The summed E-state index contributed by atoms with van der Waals surface area (Å²) in [5, 5.41) is 0. The van der Waals surface area contributed by atoms with Crippen LogP contribution in [-0.2, 0) is 6.42 Å². The zero-order valence-electron chi connectivity index (χ0n) is 8.87. The Balaban J connectivity index is 2.75. The first-order valence-electron chi connectivity index (χ1n) is 4.95. The van der Waals surface area contributed by atoms with Crippen LogP contribution in [0, 0.1) is 6.92 Å². The van der Waals surface area contributed by atoms with E-state index in [-0.39, 0.29) is 0 Å². The molecule has 0 aliphatic rings. The summed E-state index contributed by atoms with van der Waals surface area (Å²) in [5.41, 5.74) is 9.37. The van der Waals surface area contributed by atoms with Crippen LogP contribution in [0.5, 0.6) is 5.75 Å². The molecule has 0 spiro atoms. The van der Waals surface area contributed by atoms with E-state index in [1.54, 1.807) is 6.08 Å². The molecule has 15 heavy (non-hydrogen) atoms. The van der Waals surface area contributed by atoms with E-state index in [0.29, 0.717) is 13.2 Å². The Hall–Kier alpha value is -0.990. The fourth-order valence-corrected chi connectivity index (χ4v) is 1.45. The maximum Gasteiger partial charge on any atom is 0.123 e. The molecular formula is C12H16ClNO. The van der Waals surface area contributed by atoms with Crippen molar-refractivity contribution in [1.29, 1.82) is 0 Å². The van der Waals surface area contributed by atoms with Gasteiger partial charge in [0.2, 0.25) is 0 Å². The lowest BCUT2D eigenvalue weighted by Crippen LogP contribution is -2.05. The molecule has 0 saturated heterocycles. The third kappa shape index (κ3) is 3.94. The van der Waals surface area contributed by atoms with Crippen LogP contribution in [0.2, 0.25) is 0 Å². The molecule has 2 N–H and O–H groups in total. The first kappa shape index (κ1) is 12.1. The molecule has 0 atom stereocenters. The first-order valence-corrected chi connectivity index (χ1v) is 5.39. The van der Waals surface area contributed by atoms with Crippen molar-refractivity contribution in [2.45, 2.75) is 13.3 Å². The van der Waals surface area contributed by atoms with Gasteiger partial charge in [-0.25, -0.2) is 0 Å². The average Bonchev–Trinajstić information content (AvgIpc) is 2.22. The molecule has 1 aromatic carbocycles. The van der Waals surface area contributed by atoms with Gasteiger partial charge in [-0.2, -0.15) is 0 Å². The van der Waals surface area contributed by atoms with E-state index in [1.807, 2.05) is 12.1 Å². The lowest BCUT2D eigenvalue weighted by molar-refractivity contribution is 0.359. The predicted molar refractivity (Wildman–Crippen MR) is 64.4 cm³/mol. The molecule has 0 unspecified atom stereocenters. The van der Waals surface area contributed by atoms with Crippen LogP contribution in [0.4, 0.5) is 0 Å². The van der Waals surface area contributed by atoms with Crippen LogP contribution in [0.3, 0.4) is 0 Å². The summed E-state index contributed by atoms with van der Waals surface area (Å²) in [5.74, 6) is 0.890. The van der Waals surface area contributed by atoms with Crippen molar-refractivity contribution in [1.82, 2.24) is 0 Å². The van der Waals surface area contributed by atoms with E-state index in [9.17, 15) is 0 Å². The molecule has 0 aromatic heterocycles. The molecule has 82 valence electrons. The summed E-state index contributed by atoms with van der Waals surface area (Å²) in [6.07, 6.45) is 2.59. The fraction of sp³-hybridized carbons (Fsp3) is 0.333. The summed E-state index contributed by atoms with van der Waals surface area (Å²) in [6, 6.07) is 6.11. The Bertz CT molecular complexity index is 336. The quantitative estimate of drug-likeness (QED) is 0.836. The van der Waals surface area contributed by atoms with Crippen LogP contribution in [-0.4, -0.2) is 13.2 Å². The van der Waals surface area contributed by atoms with Gasteiger partial charge >= 0.3 is 0 Å². The molecule has 0 amide bonds. The van der Waals surface area contributed by atoms with Gasteiger partial charge in [0.05, 0.1) is 0 Å². The van der Waals surface area contributed by atoms with E-state index in [1.165, 1.54) is 11.1 Å². The van der Waals surface area contributed by atoms with E-state index < -0.39 is 0 Å². The maximum atomic E-state index is 5.56. The number of nitrogens with two attached hydrogens (primary N) is 1. The van der Waals surface area contributed by atoms with Crippen LogP contribution >= 0.6 is 11.6 Å². The van der Waals surface area contributed by atoms with Crippen molar-refractivity contribution >= 4 is 11.6 Å². The van der Waals surface area contributed by atoms with Crippen molar-refractivity contribution in [3.8, 4) is 5.75 Å². The highest BCUT2D eigenvalue weighted by Gasteiger charge is 2.02. The smallest absolute Gasteiger partial charge is 0.123 e. The van der Waals surface area contributed by atoms with Gasteiger partial charge < -0.3 is 10.5 Å². The lowest BCUT2D eigenvalue weighted by atomic mass is 10.1. The molecule has 0 heterocycles. The molecule has 2 nitrogen and oxygen atoms in total. The predicted octanol–water partition coefficient (Wildman–Crippen LogP) is 2.63. The molecule has 3 heteroatoms. The molecular weight excluding hydrogens is 210 g/mol. The summed E-state index contributed by atoms with van der Waals surface area (Å²) in [7, 11) is 0. The highest BCUT2D eigenvalue weighted by atomic mass is 35.5. The first-order chi connectivity index (χ1) is 7.27. The van der Waals surface area contributed by atoms with E-state index in [0.717, 1.165) is 17.7 Å². The molecule has 0 saturated carbocycles. The second kappa shape index (κ2) is 6.49. The van der Waals surface area contributed by atoms with Gasteiger partial charge in [0.15, 0.2) is 0 Å². The van der Waals surface area contributed by atoms with Crippen molar-refractivity contribution in [2.75, 3.05) is 13.2 Å². The number of rotatable bonds is 5. The second-order valence-corrected chi connectivity index (χ2v) is 3.57. The molecule has 0 radical (unpaired) electrons. The van der Waals surface area contributed by atoms with E-state index in [2.05, 4.69) is 13.0 Å². The Labute approximate surface area is 95.7 Å². The monoisotopic (exact) mass is 225 g/mol. The molecule has 0 bridgehead atoms. The zero-order chi connectivity index (χ0) is 11.1. The minimum absolute atomic E-state index is 0.490. The standard InChI is InChI=1S/C12H16ClNO/c1-10-3-4-12(15-8-2-6-13)11(9-10)5-7-14/h2-4,6,9H,5,7-8,14H2,1H3. The number of hydrogen-bond acceptors (Lipinski definition) is 2. The molecule has 0 aliphatic carbocycles. The van der Waals surface area contributed by atoms with E-state index >= 15 is 0 Å². The summed E-state index contributed by atoms with van der Waals surface area (Å²) in [6.45, 7) is 3.18. The van der Waals surface area contributed by atoms with Gasteiger partial charge in [-0.1, -0.05) is 29.3 Å². The lowest BCUT2D eigenvalue weighted by Gasteiger charge is -2.10. The number of benzene rings is 1. The molecule has 1 aromatic rings. The van der Waals surface area contributed by atoms with Crippen LogP contribution in [0.25, 0.3) is 0 Å². The van der Waals surface area contributed by atoms with Gasteiger partial charge in [-0.15, -0.1) is 0 Å². The Morgan fingerprint density at radius 1 is 1.47 bits per heavy atom. The van der Waals surface area contributed by atoms with E-state index in [4.69, 9.17) is 22.1 Å². The third-order valence-electron chi connectivity index (χ3n) is 2.05. The minimum Gasteiger partial charge on any atom is -0.489 e. The van der Waals surface area contributed by atoms with Crippen molar-refractivity contribution in [3.63, 3.8) is 0 Å². The van der Waals surface area contributed by atoms with Gasteiger partial charge in [0.1, 0.15) is 12.4 Å². The fourth-order valence-electron chi connectivity index (χ4n) is 1.37. The average molecular weight is 226 g/mol. The third-order valence-corrected chi connectivity index (χ3v) is 2.23. The second-order valence-electron chi connectivity index (χ2n) is 3.32. The number of hydrogen-bond donors (Lipinski definition) is 1. The summed E-state index contributed by atoms with van der Waals surface area (Å²) in [4.78, 5) is 0. The van der Waals surface area contributed by atoms with Crippen LogP contribution in [0.1, 0.15) is 11.1 Å². The van der Waals surface area contributed by atoms with Crippen LogP contribution < -0.4 is 10.5 Å². The highest BCUT2D eigenvalue weighted by molar-refractivity contribution is 6.25. The SMILES string of the molecule is Cc1ccc(OCC=CCl)c(CCN)c1. The molecule has 1 rings (SSSR count). The van der Waals surface area contributed by atoms with Crippen LogP contribution in [0.15, 0.2) is 29.8 Å². The van der Waals surface area contributed by atoms with Gasteiger partial charge in [-0.3, -0.25) is 0 Å². The summed E-state index contributed by atoms with van der Waals surface area (Å²) < 4.78 is 5.56. The zero-order valence-corrected chi connectivity index (χ0v) is 9.63. The molecule has 0 fully saturated rings. The van der Waals surface area contributed by atoms with Gasteiger partial charge in [0, 0.05) is 5.54 Å². The number of ether oxygens (including phenoxy) is 1. The van der Waals surface area contributed by atoms with Crippen molar-refractivity contribution in [3.05, 3.63) is 40.9 Å². The Morgan fingerprint density at radius 2 is 2.27 bits per heavy atom. The van der Waals surface area contributed by atoms with Gasteiger partial charge in [-0.05, 0) is 37.6 Å². The summed E-state index contributed by atoms with van der Waals surface area (Å²) >= 11 is 5.41. The normalized spacial score (nSPS) is 10.9. The largest absolute Gasteiger partial charge is 0.489 e.